The first-order chi connectivity index (χ1) is 7.67. The Labute approximate surface area is 104 Å². The number of hydrogen-bond donors (Lipinski definition) is 0. The lowest BCUT2D eigenvalue weighted by Gasteiger charge is -2.34. The quantitative estimate of drug-likeness (QED) is 0.453. The Hall–Kier alpha value is 0.177. The molecule has 16 heavy (non-hydrogen) atoms. The first-order valence-corrected chi connectivity index (χ1v) is 8.77. The smallest absolute Gasteiger partial charge is 0.217 e. The summed E-state index contributed by atoms with van der Waals surface area (Å²) in [5.41, 5.74) is 0. The minimum atomic E-state index is -0.517. The van der Waals surface area contributed by atoms with Crippen molar-refractivity contribution in [3.05, 3.63) is 0 Å². The van der Waals surface area contributed by atoms with E-state index in [2.05, 4.69) is 20.8 Å². The van der Waals surface area contributed by atoms with Crippen LogP contribution in [0.15, 0.2) is 0 Å². The highest BCUT2D eigenvalue weighted by atomic mass is 28.3. The average Bonchev–Trinajstić information content (AvgIpc) is 2.30. The Kier molecular flexibility index (Phi) is 6.67. The molecule has 0 N–H and O–H groups in total. The monoisotopic (exact) mass is 241 g/mol. The summed E-state index contributed by atoms with van der Waals surface area (Å²) in [7, 11) is -0.517. The Morgan fingerprint density at radius 3 is 2.44 bits per heavy atom. The van der Waals surface area contributed by atoms with Crippen LogP contribution in [0.1, 0.15) is 72.1 Å². The summed E-state index contributed by atoms with van der Waals surface area (Å²) in [5.74, 6) is 0. The lowest BCUT2D eigenvalue weighted by Crippen LogP contribution is -2.34. The van der Waals surface area contributed by atoms with Crippen molar-refractivity contribution in [2.24, 2.45) is 0 Å². The van der Waals surface area contributed by atoms with Crippen molar-refractivity contribution in [3.8, 4) is 0 Å². The highest BCUT2D eigenvalue weighted by Gasteiger charge is 2.34. The van der Waals surface area contributed by atoms with E-state index in [-0.39, 0.29) is 0 Å². The standard InChI is InChI=1S/C14H29OSi/c1-4-5-6-7-8-11-14(2,3)16-13-10-9-12-15-16/h4-13H2,1-3H3. The average molecular weight is 241 g/mol. The van der Waals surface area contributed by atoms with Crippen molar-refractivity contribution in [2.75, 3.05) is 6.61 Å². The predicted molar refractivity (Wildman–Crippen MR) is 73.2 cm³/mol. The number of unbranched alkanes of at least 4 members (excludes halogenated alkanes) is 4. The molecule has 0 spiro atoms. The summed E-state index contributed by atoms with van der Waals surface area (Å²) < 4.78 is 6.02. The van der Waals surface area contributed by atoms with Crippen LogP contribution >= 0.6 is 0 Å². The topological polar surface area (TPSA) is 9.23 Å². The maximum absolute atomic E-state index is 6.02. The van der Waals surface area contributed by atoms with Gasteiger partial charge in [-0.25, -0.2) is 0 Å². The van der Waals surface area contributed by atoms with Crippen LogP contribution in [-0.4, -0.2) is 15.6 Å². The van der Waals surface area contributed by atoms with E-state index in [1.165, 1.54) is 57.4 Å². The minimum absolute atomic E-state index is 0.497. The van der Waals surface area contributed by atoms with Crippen molar-refractivity contribution in [1.82, 2.24) is 0 Å². The fourth-order valence-corrected chi connectivity index (χ4v) is 5.13. The molecule has 0 atom stereocenters. The lowest BCUT2D eigenvalue weighted by molar-refractivity contribution is 0.263. The Morgan fingerprint density at radius 2 is 1.81 bits per heavy atom. The van der Waals surface area contributed by atoms with Crippen molar-refractivity contribution in [2.45, 2.75) is 83.2 Å². The van der Waals surface area contributed by atoms with Gasteiger partial charge >= 0.3 is 0 Å². The maximum Gasteiger partial charge on any atom is 0.217 e. The number of hydrogen-bond acceptors (Lipinski definition) is 1. The van der Waals surface area contributed by atoms with Gasteiger partial charge in [-0.3, -0.25) is 0 Å². The van der Waals surface area contributed by atoms with Crippen LogP contribution < -0.4 is 0 Å². The molecule has 0 aromatic carbocycles. The van der Waals surface area contributed by atoms with Crippen molar-refractivity contribution in [1.29, 1.82) is 0 Å². The van der Waals surface area contributed by atoms with Gasteiger partial charge in [0.05, 0.1) is 0 Å². The molecule has 0 bridgehead atoms. The van der Waals surface area contributed by atoms with Gasteiger partial charge in [-0.05, 0) is 23.9 Å². The molecule has 0 aromatic heterocycles. The molecule has 1 saturated heterocycles. The fourth-order valence-electron chi connectivity index (χ4n) is 2.50. The third-order valence-corrected chi connectivity index (χ3v) is 6.85. The van der Waals surface area contributed by atoms with Crippen LogP contribution in [0.3, 0.4) is 0 Å². The van der Waals surface area contributed by atoms with Gasteiger partial charge in [0.15, 0.2) is 0 Å². The summed E-state index contributed by atoms with van der Waals surface area (Å²) in [6.45, 7) is 8.19. The predicted octanol–water partition coefficient (Wildman–Crippen LogP) is 4.93. The van der Waals surface area contributed by atoms with E-state index in [1.54, 1.807) is 0 Å². The molecule has 1 aliphatic heterocycles. The number of rotatable bonds is 7. The normalized spacial score (nSPS) is 18.9. The molecule has 0 aliphatic carbocycles. The molecule has 0 unspecified atom stereocenters. The Balaban J connectivity index is 2.16. The van der Waals surface area contributed by atoms with E-state index in [0.29, 0.717) is 5.04 Å². The zero-order valence-corrected chi connectivity index (χ0v) is 12.5. The molecule has 1 rings (SSSR count). The summed E-state index contributed by atoms with van der Waals surface area (Å²) >= 11 is 0. The van der Waals surface area contributed by atoms with Gasteiger partial charge in [0.2, 0.25) is 9.04 Å². The van der Waals surface area contributed by atoms with Gasteiger partial charge in [0.25, 0.3) is 0 Å². The molecule has 95 valence electrons. The minimum Gasteiger partial charge on any atom is -0.416 e. The van der Waals surface area contributed by atoms with E-state index < -0.39 is 9.04 Å². The molecule has 2 heteroatoms. The largest absolute Gasteiger partial charge is 0.416 e. The van der Waals surface area contributed by atoms with Crippen molar-refractivity contribution >= 4 is 9.04 Å². The summed E-state index contributed by atoms with van der Waals surface area (Å²) in [6.07, 6.45) is 11.1. The highest BCUT2D eigenvalue weighted by Crippen LogP contribution is 2.39. The van der Waals surface area contributed by atoms with Crippen LogP contribution in [0.5, 0.6) is 0 Å². The molecule has 1 radical (unpaired) electrons. The SMILES string of the molecule is CCCCCCCC(C)(C)[Si]1CCCCO1. The van der Waals surface area contributed by atoms with Crippen molar-refractivity contribution in [3.63, 3.8) is 0 Å². The lowest BCUT2D eigenvalue weighted by atomic mass is 10.0. The van der Waals surface area contributed by atoms with E-state index in [0.717, 1.165) is 6.61 Å². The Morgan fingerprint density at radius 1 is 1.06 bits per heavy atom. The molecule has 0 aromatic rings. The zero-order valence-electron chi connectivity index (χ0n) is 11.5. The molecule has 1 nitrogen and oxygen atoms in total. The van der Waals surface area contributed by atoms with Gasteiger partial charge < -0.3 is 4.43 Å². The van der Waals surface area contributed by atoms with Crippen LogP contribution in [0.4, 0.5) is 0 Å². The second-order valence-corrected chi connectivity index (χ2v) is 8.77. The van der Waals surface area contributed by atoms with Gasteiger partial charge in [-0.1, -0.05) is 59.3 Å². The molecule has 0 amide bonds. The van der Waals surface area contributed by atoms with Crippen LogP contribution in [-0.2, 0) is 4.43 Å². The Bertz CT molecular complexity index is 174. The van der Waals surface area contributed by atoms with E-state index in [9.17, 15) is 0 Å². The maximum atomic E-state index is 6.02. The van der Waals surface area contributed by atoms with E-state index >= 15 is 0 Å². The molecule has 0 saturated carbocycles. The summed E-state index contributed by atoms with van der Waals surface area (Å²) in [6, 6.07) is 1.38. The second kappa shape index (κ2) is 7.49. The molecule has 1 fully saturated rings. The highest BCUT2D eigenvalue weighted by molar-refractivity contribution is 6.55. The third-order valence-electron chi connectivity index (χ3n) is 3.73. The second-order valence-electron chi connectivity index (χ2n) is 5.78. The molecular formula is C14H29OSi. The van der Waals surface area contributed by atoms with Crippen LogP contribution in [0, 0.1) is 0 Å². The van der Waals surface area contributed by atoms with Crippen molar-refractivity contribution < 1.29 is 4.43 Å². The molecular weight excluding hydrogens is 212 g/mol. The van der Waals surface area contributed by atoms with Gasteiger partial charge in [0, 0.05) is 6.61 Å². The van der Waals surface area contributed by atoms with E-state index in [4.69, 9.17) is 4.43 Å². The zero-order chi connectivity index (χ0) is 11.9. The van der Waals surface area contributed by atoms with Crippen LogP contribution in [0.2, 0.25) is 11.1 Å². The molecule has 1 aliphatic rings. The third kappa shape index (κ3) is 5.01. The van der Waals surface area contributed by atoms with Gasteiger partial charge in [-0.2, -0.15) is 0 Å². The summed E-state index contributed by atoms with van der Waals surface area (Å²) in [4.78, 5) is 0. The van der Waals surface area contributed by atoms with E-state index in [1.807, 2.05) is 0 Å². The van der Waals surface area contributed by atoms with Gasteiger partial charge in [-0.15, -0.1) is 0 Å². The van der Waals surface area contributed by atoms with Crippen LogP contribution in [0.25, 0.3) is 0 Å². The molecule has 1 heterocycles. The fraction of sp³-hybridized carbons (Fsp3) is 1.00. The first kappa shape index (κ1) is 14.2. The van der Waals surface area contributed by atoms with Gasteiger partial charge in [0.1, 0.15) is 0 Å². The first-order valence-electron chi connectivity index (χ1n) is 7.16. The summed E-state index contributed by atoms with van der Waals surface area (Å²) in [5, 5.41) is 0.497.